The summed E-state index contributed by atoms with van der Waals surface area (Å²) in [6.07, 6.45) is 6.00. The molecule has 1 fully saturated rings. The fourth-order valence-electron chi connectivity index (χ4n) is 4.02. The maximum absolute atomic E-state index is 12.6. The summed E-state index contributed by atoms with van der Waals surface area (Å²) in [4.78, 5) is 12.7. The number of ether oxygens (including phenoxy) is 1. The molecule has 6 nitrogen and oxygen atoms in total. The molecule has 2 aromatic rings. The topological polar surface area (TPSA) is 84.5 Å². The van der Waals surface area contributed by atoms with Gasteiger partial charge in [0.2, 0.25) is 15.9 Å². The number of amides is 1. The molecule has 7 heteroatoms. The normalized spacial score (nSPS) is 15.9. The molecule has 1 aliphatic carbocycles. The largest absolute Gasteiger partial charge is 0.496 e. The van der Waals surface area contributed by atoms with E-state index in [2.05, 4.69) is 10.0 Å². The van der Waals surface area contributed by atoms with Gasteiger partial charge in [-0.2, -0.15) is 0 Å². The van der Waals surface area contributed by atoms with E-state index >= 15 is 0 Å². The van der Waals surface area contributed by atoms with Gasteiger partial charge in [0.1, 0.15) is 5.75 Å². The van der Waals surface area contributed by atoms with Gasteiger partial charge in [-0.05, 0) is 49.9 Å². The zero-order chi connectivity index (χ0) is 22.3. The Morgan fingerprint density at radius 2 is 1.74 bits per heavy atom. The molecule has 31 heavy (non-hydrogen) atoms. The molecule has 0 aliphatic heterocycles. The average Bonchev–Trinajstić information content (AvgIpc) is 2.78. The lowest BCUT2D eigenvalue weighted by atomic mass is 9.96. The Morgan fingerprint density at radius 1 is 1.06 bits per heavy atom. The first-order valence-electron chi connectivity index (χ1n) is 10.9. The Hall–Kier alpha value is -2.38. The van der Waals surface area contributed by atoms with E-state index in [-0.39, 0.29) is 22.9 Å². The van der Waals surface area contributed by atoms with Gasteiger partial charge in [0.25, 0.3) is 0 Å². The lowest BCUT2D eigenvalue weighted by Gasteiger charge is -2.22. The van der Waals surface area contributed by atoms with E-state index in [1.807, 2.05) is 31.2 Å². The summed E-state index contributed by atoms with van der Waals surface area (Å²) in [7, 11) is -1.89. The van der Waals surface area contributed by atoms with Crippen molar-refractivity contribution in [1.29, 1.82) is 0 Å². The minimum absolute atomic E-state index is 0.0346. The van der Waals surface area contributed by atoms with Crippen LogP contribution in [0, 0.1) is 0 Å². The highest BCUT2D eigenvalue weighted by molar-refractivity contribution is 7.89. The van der Waals surface area contributed by atoms with Crippen molar-refractivity contribution in [3.05, 3.63) is 59.7 Å². The third kappa shape index (κ3) is 6.55. The van der Waals surface area contributed by atoms with Gasteiger partial charge >= 0.3 is 0 Å². The van der Waals surface area contributed by atoms with Crippen molar-refractivity contribution in [3.8, 4) is 5.75 Å². The second-order valence-corrected chi connectivity index (χ2v) is 9.85. The summed E-state index contributed by atoms with van der Waals surface area (Å²) < 4.78 is 33.4. The van der Waals surface area contributed by atoms with Crippen LogP contribution in [0.3, 0.4) is 0 Å². The van der Waals surface area contributed by atoms with Gasteiger partial charge in [0.05, 0.1) is 18.0 Å². The third-order valence-electron chi connectivity index (χ3n) is 5.78. The number of carbonyl (C=O) groups is 1. The van der Waals surface area contributed by atoms with Crippen LogP contribution in [0.4, 0.5) is 0 Å². The molecule has 0 spiro atoms. The quantitative estimate of drug-likeness (QED) is 0.609. The Kier molecular flexibility index (Phi) is 8.09. The van der Waals surface area contributed by atoms with E-state index in [9.17, 15) is 13.2 Å². The number of nitrogens with one attached hydrogen (secondary N) is 2. The van der Waals surface area contributed by atoms with Crippen molar-refractivity contribution in [2.45, 2.75) is 68.8 Å². The highest BCUT2D eigenvalue weighted by Gasteiger charge is 2.21. The van der Waals surface area contributed by atoms with Crippen molar-refractivity contribution >= 4 is 15.9 Å². The SMILES string of the molecule is COc1ccccc1[C@@H](C)NC(=O)CCc1ccc(S(=O)(=O)NC2CCCCC2)cc1. The number of methoxy groups -OCH3 is 1. The first-order valence-corrected chi connectivity index (χ1v) is 12.4. The lowest BCUT2D eigenvalue weighted by molar-refractivity contribution is -0.121. The van der Waals surface area contributed by atoms with Crippen LogP contribution in [0.5, 0.6) is 5.75 Å². The summed E-state index contributed by atoms with van der Waals surface area (Å²) in [6.45, 7) is 1.93. The number of rotatable bonds is 9. The van der Waals surface area contributed by atoms with Gasteiger partial charge in [-0.1, -0.05) is 49.6 Å². The number of hydrogen-bond donors (Lipinski definition) is 2. The summed E-state index contributed by atoms with van der Waals surface area (Å²) in [6, 6.07) is 14.3. The number of aryl methyl sites for hydroxylation is 1. The van der Waals surface area contributed by atoms with Crippen molar-refractivity contribution in [3.63, 3.8) is 0 Å². The maximum atomic E-state index is 12.6. The molecule has 2 aromatic carbocycles. The molecule has 3 rings (SSSR count). The molecule has 0 aromatic heterocycles. The van der Waals surface area contributed by atoms with Crippen LogP contribution >= 0.6 is 0 Å². The monoisotopic (exact) mass is 444 g/mol. The van der Waals surface area contributed by atoms with Crippen molar-refractivity contribution < 1.29 is 17.9 Å². The minimum Gasteiger partial charge on any atom is -0.496 e. The van der Waals surface area contributed by atoms with Crippen molar-refractivity contribution in [1.82, 2.24) is 10.0 Å². The number of benzene rings is 2. The number of para-hydroxylation sites is 1. The molecule has 0 heterocycles. The van der Waals surface area contributed by atoms with Gasteiger partial charge in [-0.15, -0.1) is 0 Å². The Labute approximate surface area is 185 Å². The van der Waals surface area contributed by atoms with E-state index in [1.165, 1.54) is 6.42 Å². The molecular weight excluding hydrogens is 412 g/mol. The highest BCUT2D eigenvalue weighted by Crippen LogP contribution is 2.24. The molecule has 0 bridgehead atoms. The number of sulfonamides is 1. The molecule has 168 valence electrons. The second-order valence-electron chi connectivity index (χ2n) is 8.13. The van der Waals surface area contributed by atoms with Crippen LogP contribution in [0.2, 0.25) is 0 Å². The minimum atomic E-state index is -3.50. The fourth-order valence-corrected chi connectivity index (χ4v) is 5.32. The van der Waals surface area contributed by atoms with Gasteiger partial charge in [0, 0.05) is 18.0 Å². The molecule has 2 N–H and O–H groups in total. The third-order valence-corrected chi connectivity index (χ3v) is 7.32. The Bertz CT molecular complexity index is 967. The number of hydrogen-bond acceptors (Lipinski definition) is 4. The van der Waals surface area contributed by atoms with E-state index < -0.39 is 10.0 Å². The van der Waals surface area contributed by atoms with Gasteiger partial charge in [-0.25, -0.2) is 13.1 Å². The molecular formula is C24H32N2O4S. The van der Waals surface area contributed by atoms with E-state index in [4.69, 9.17) is 4.74 Å². The zero-order valence-corrected chi connectivity index (χ0v) is 19.1. The standard InChI is InChI=1S/C24H32N2O4S/c1-18(22-10-6-7-11-23(22)30-2)25-24(27)17-14-19-12-15-21(16-13-19)31(28,29)26-20-8-4-3-5-9-20/h6-7,10-13,15-16,18,20,26H,3-5,8-9,14,17H2,1-2H3,(H,25,27)/t18-/m1/s1. The number of carbonyl (C=O) groups excluding carboxylic acids is 1. The van der Waals surface area contributed by atoms with E-state index in [0.717, 1.165) is 42.6 Å². The van der Waals surface area contributed by atoms with Crippen molar-refractivity contribution in [2.24, 2.45) is 0 Å². The summed E-state index contributed by atoms with van der Waals surface area (Å²) in [5, 5.41) is 3.00. The summed E-state index contributed by atoms with van der Waals surface area (Å²) >= 11 is 0. The Balaban J connectivity index is 1.52. The predicted molar refractivity (Wildman–Crippen MR) is 122 cm³/mol. The van der Waals surface area contributed by atoms with E-state index in [0.29, 0.717) is 12.8 Å². The Morgan fingerprint density at radius 3 is 2.42 bits per heavy atom. The average molecular weight is 445 g/mol. The first kappa shape index (κ1) is 23.3. The molecule has 0 unspecified atom stereocenters. The van der Waals surface area contributed by atoms with Crippen LogP contribution in [-0.2, 0) is 21.2 Å². The summed E-state index contributed by atoms with van der Waals surface area (Å²) in [5.41, 5.74) is 1.86. The van der Waals surface area contributed by atoms with Crippen LogP contribution in [-0.4, -0.2) is 27.5 Å². The predicted octanol–water partition coefficient (Wildman–Crippen LogP) is 4.12. The van der Waals surface area contributed by atoms with Crippen LogP contribution < -0.4 is 14.8 Å². The van der Waals surface area contributed by atoms with Crippen LogP contribution in [0.15, 0.2) is 53.4 Å². The van der Waals surface area contributed by atoms with Crippen LogP contribution in [0.1, 0.15) is 62.6 Å². The lowest BCUT2D eigenvalue weighted by Crippen LogP contribution is -2.36. The first-order chi connectivity index (χ1) is 14.9. The van der Waals surface area contributed by atoms with Gasteiger partial charge in [-0.3, -0.25) is 4.79 Å². The molecule has 1 saturated carbocycles. The highest BCUT2D eigenvalue weighted by atomic mass is 32.2. The van der Waals surface area contributed by atoms with Crippen LogP contribution in [0.25, 0.3) is 0 Å². The van der Waals surface area contributed by atoms with E-state index in [1.54, 1.807) is 31.4 Å². The van der Waals surface area contributed by atoms with Gasteiger partial charge < -0.3 is 10.1 Å². The fraction of sp³-hybridized carbons (Fsp3) is 0.458. The maximum Gasteiger partial charge on any atom is 0.240 e. The molecule has 1 aliphatic rings. The molecule has 1 atom stereocenters. The molecule has 0 radical (unpaired) electrons. The molecule has 0 saturated heterocycles. The second kappa shape index (κ2) is 10.8. The smallest absolute Gasteiger partial charge is 0.240 e. The van der Waals surface area contributed by atoms with Crippen molar-refractivity contribution in [2.75, 3.05) is 7.11 Å². The van der Waals surface area contributed by atoms with Gasteiger partial charge in [0.15, 0.2) is 0 Å². The molecule has 1 amide bonds. The summed E-state index contributed by atoms with van der Waals surface area (Å²) in [5.74, 6) is 0.683. The zero-order valence-electron chi connectivity index (χ0n) is 18.3.